The largest absolute Gasteiger partial charge is 0.393 e. The molecule has 0 bridgehead atoms. The molecule has 0 saturated heterocycles. The van der Waals surface area contributed by atoms with Gasteiger partial charge in [0, 0.05) is 6.42 Å². The predicted molar refractivity (Wildman–Crippen MR) is 104 cm³/mol. The maximum Gasteiger partial charge on any atom is 0.345 e. The van der Waals surface area contributed by atoms with Gasteiger partial charge in [0.05, 0.1) is 6.61 Å². The Labute approximate surface area is 163 Å². The highest BCUT2D eigenvalue weighted by Gasteiger charge is 2.30. The van der Waals surface area contributed by atoms with Gasteiger partial charge in [0.25, 0.3) is 0 Å². The van der Waals surface area contributed by atoms with Gasteiger partial charge < -0.3 is 14.9 Å². The van der Waals surface area contributed by atoms with E-state index in [1.807, 2.05) is 0 Å². The Morgan fingerprint density at radius 2 is 1.30 bits per heavy atom. The number of aliphatic hydroxyl groups is 2. The summed E-state index contributed by atoms with van der Waals surface area (Å²) in [6.07, 6.45) is 10.1. The average molecular weight is 387 g/mol. The minimum absolute atomic E-state index is 0.198. The fraction of sp³-hybridized carbons (Fsp3) is 0.857. The summed E-state index contributed by atoms with van der Waals surface area (Å²) in [5.41, 5.74) is 0. The van der Waals surface area contributed by atoms with Gasteiger partial charge in [0.1, 0.15) is 11.7 Å². The number of rotatable bonds is 17. The average Bonchev–Trinajstić information content (AvgIpc) is 2.66. The molecule has 0 aromatic carbocycles. The van der Waals surface area contributed by atoms with Gasteiger partial charge in [-0.25, -0.2) is 4.79 Å². The van der Waals surface area contributed by atoms with Crippen molar-refractivity contribution in [3.8, 4) is 0 Å². The van der Waals surface area contributed by atoms with E-state index in [9.17, 15) is 19.5 Å². The summed E-state index contributed by atoms with van der Waals surface area (Å²) in [7, 11) is 0. The molecule has 27 heavy (non-hydrogen) atoms. The van der Waals surface area contributed by atoms with Gasteiger partial charge in [-0.1, -0.05) is 78.1 Å². The summed E-state index contributed by atoms with van der Waals surface area (Å²) in [6.45, 7) is 3.44. The number of unbranched alkanes of at least 4 members (excludes halogenated alkanes) is 9. The molecule has 2 atom stereocenters. The Morgan fingerprint density at radius 1 is 0.778 bits per heavy atom. The van der Waals surface area contributed by atoms with Gasteiger partial charge in [-0.05, 0) is 12.8 Å². The van der Waals surface area contributed by atoms with Crippen molar-refractivity contribution < 1.29 is 29.3 Å². The first-order valence-electron chi connectivity index (χ1n) is 10.5. The van der Waals surface area contributed by atoms with Crippen molar-refractivity contribution in [2.45, 2.75) is 103 Å². The number of hydrogen-bond acceptors (Lipinski definition) is 6. The highest BCUT2D eigenvalue weighted by atomic mass is 16.6. The summed E-state index contributed by atoms with van der Waals surface area (Å²) in [6, 6.07) is 0. The lowest BCUT2D eigenvalue weighted by atomic mass is 9.93. The quantitative estimate of drug-likeness (QED) is 0.224. The van der Waals surface area contributed by atoms with E-state index in [1.165, 1.54) is 6.42 Å². The Balaban J connectivity index is 4.56. The standard InChI is InChI=1S/C21H38O6/c1-3-5-7-9-11-12-14-17(18(23)15-13-10-8-6-4-2)20(25)27-21(26)19(24)16-22/h17,19,22,24H,3-16H2,1-2H3. The van der Waals surface area contributed by atoms with E-state index >= 15 is 0 Å². The summed E-state index contributed by atoms with van der Waals surface area (Å²) < 4.78 is 4.62. The number of Topliss-reactive ketones (excluding diaryl/α,β-unsaturated/α-hetero) is 1. The molecule has 6 heteroatoms. The highest BCUT2D eigenvalue weighted by molar-refractivity contribution is 6.02. The van der Waals surface area contributed by atoms with E-state index in [4.69, 9.17) is 5.11 Å². The fourth-order valence-electron chi connectivity index (χ4n) is 2.93. The van der Waals surface area contributed by atoms with Crippen LogP contribution in [-0.2, 0) is 19.1 Å². The van der Waals surface area contributed by atoms with Crippen molar-refractivity contribution in [3.05, 3.63) is 0 Å². The molecule has 158 valence electrons. The van der Waals surface area contributed by atoms with Crippen LogP contribution in [0.3, 0.4) is 0 Å². The topological polar surface area (TPSA) is 101 Å². The fourth-order valence-corrected chi connectivity index (χ4v) is 2.93. The zero-order chi connectivity index (χ0) is 20.5. The smallest absolute Gasteiger partial charge is 0.345 e. The Kier molecular flexibility index (Phi) is 16.1. The van der Waals surface area contributed by atoms with Crippen LogP contribution >= 0.6 is 0 Å². The predicted octanol–water partition coefficient (Wildman–Crippen LogP) is 3.71. The first-order chi connectivity index (χ1) is 13.0. The molecule has 0 radical (unpaired) electrons. The second kappa shape index (κ2) is 16.9. The minimum atomic E-state index is -1.76. The van der Waals surface area contributed by atoms with Gasteiger partial charge in [-0.15, -0.1) is 0 Å². The molecule has 0 aliphatic heterocycles. The molecule has 0 rings (SSSR count). The highest BCUT2D eigenvalue weighted by Crippen LogP contribution is 2.18. The molecule has 2 unspecified atom stereocenters. The van der Waals surface area contributed by atoms with E-state index in [1.54, 1.807) is 0 Å². The Morgan fingerprint density at radius 3 is 1.85 bits per heavy atom. The van der Waals surface area contributed by atoms with E-state index in [0.29, 0.717) is 12.8 Å². The Bertz CT molecular complexity index is 421. The molecule has 0 aromatic heterocycles. The van der Waals surface area contributed by atoms with Crippen LogP contribution in [-0.4, -0.2) is 40.6 Å². The van der Waals surface area contributed by atoms with E-state index in [-0.39, 0.29) is 5.78 Å². The van der Waals surface area contributed by atoms with Gasteiger partial charge in [-0.2, -0.15) is 0 Å². The van der Waals surface area contributed by atoms with Crippen LogP contribution in [0.1, 0.15) is 97.3 Å². The van der Waals surface area contributed by atoms with Gasteiger partial charge in [0.15, 0.2) is 6.10 Å². The zero-order valence-corrected chi connectivity index (χ0v) is 17.1. The third-order valence-electron chi connectivity index (χ3n) is 4.69. The summed E-state index contributed by atoms with van der Waals surface area (Å²) in [5, 5.41) is 18.0. The van der Waals surface area contributed by atoms with Crippen molar-refractivity contribution in [1.29, 1.82) is 0 Å². The molecule has 6 nitrogen and oxygen atoms in total. The number of ether oxygens (including phenoxy) is 1. The minimum Gasteiger partial charge on any atom is -0.393 e. The third-order valence-corrected chi connectivity index (χ3v) is 4.69. The first-order valence-corrected chi connectivity index (χ1v) is 10.5. The Hall–Kier alpha value is -1.27. The van der Waals surface area contributed by atoms with Crippen molar-refractivity contribution >= 4 is 17.7 Å². The lowest BCUT2D eigenvalue weighted by molar-refractivity contribution is -0.170. The van der Waals surface area contributed by atoms with Crippen LogP contribution < -0.4 is 0 Å². The van der Waals surface area contributed by atoms with Gasteiger partial charge in [-0.3, -0.25) is 9.59 Å². The summed E-state index contributed by atoms with van der Waals surface area (Å²) in [5.74, 6) is -3.26. The summed E-state index contributed by atoms with van der Waals surface area (Å²) >= 11 is 0. The van der Waals surface area contributed by atoms with Gasteiger partial charge in [0.2, 0.25) is 0 Å². The van der Waals surface area contributed by atoms with Crippen LogP contribution in [0.25, 0.3) is 0 Å². The number of ketones is 1. The number of esters is 2. The molecule has 2 N–H and O–H groups in total. The third kappa shape index (κ3) is 12.7. The SMILES string of the molecule is CCCCCCCCC(C(=O)CCCCCCC)C(=O)OC(=O)C(O)CO. The number of carbonyl (C=O) groups is 3. The van der Waals surface area contributed by atoms with E-state index in [0.717, 1.165) is 64.2 Å². The monoisotopic (exact) mass is 386 g/mol. The second-order valence-electron chi connectivity index (χ2n) is 7.18. The number of carbonyl (C=O) groups excluding carboxylic acids is 3. The van der Waals surface area contributed by atoms with E-state index in [2.05, 4.69) is 18.6 Å². The van der Waals surface area contributed by atoms with Crippen molar-refractivity contribution in [2.75, 3.05) is 6.61 Å². The lowest BCUT2D eigenvalue weighted by Gasteiger charge is -2.15. The summed E-state index contributed by atoms with van der Waals surface area (Å²) in [4.78, 5) is 36.3. The lowest BCUT2D eigenvalue weighted by Crippen LogP contribution is -2.34. The maximum atomic E-state index is 12.5. The second-order valence-corrected chi connectivity index (χ2v) is 7.18. The molecule has 0 aromatic rings. The molecule has 0 spiro atoms. The van der Waals surface area contributed by atoms with E-state index < -0.39 is 30.6 Å². The molecule has 0 fully saturated rings. The van der Waals surface area contributed by atoms with Crippen LogP contribution in [0.15, 0.2) is 0 Å². The normalized spacial score (nSPS) is 13.2. The van der Waals surface area contributed by atoms with Crippen LogP contribution in [0, 0.1) is 5.92 Å². The molecular weight excluding hydrogens is 348 g/mol. The maximum absolute atomic E-state index is 12.5. The van der Waals surface area contributed by atoms with Gasteiger partial charge >= 0.3 is 11.9 Å². The van der Waals surface area contributed by atoms with Crippen molar-refractivity contribution in [1.82, 2.24) is 0 Å². The zero-order valence-electron chi connectivity index (χ0n) is 17.1. The van der Waals surface area contributed by atoms with Crippen LogP contribution in [0.4, 0.5) is 0 Å². The first kappa shape index (κ1) is 25.7. The molecule has 0 saturated carbocycles. The molecule has 0 aliphatic carbocycles. The molecule has 0 heterocycles. The van der Waals surface area contributed by atoms with Crippen molar-refractivity contribution in [2.24, 2.45) is 5.92 Å². The van der Waals surface area contributed by atoms with Crippen molar-refractivity contribution in [3.63, 3.8) is 0 Å². The van der Waals surface area contributed by atoms with Crippen LogP contribution in [0.2, 0.25) is 0 Å². The van der Waals surface area contributed by atoms with Crippen LogP contribution in [0.5, 0.6) is 0 Å². The molecular formula is C21H38O6. The number of hydrogen-bond donors (Lipinski definition) is 2. The number of aliphatic hydroxyl groups excluding tert-OH is 2. The molecule has 0 amide bonds. The molecule has 0 aliphatic rings.